The molecule has 0 aliphatic heterocycles. The predicted octanol–water partition coefficient (Wildman–Crippen LogP) is 3.08. The number of nitrogens with one attached hydrogen (secondary N) is 1. The molecule has 0 aliphatic rings. The van der Waals surface area contributed by atoms with Crippen LogP contribution in [-0.2, 0) is 22.4 Å². The highest BCUT2D eigenvalue weighted by molar-refractivity contribution is 5.67. The topological polar surface area (TPSA) is 105 Å². The molecule has 0 aromatic heterocycles. The first-order valence-electron chi connectivity index (χ1n) is 9.77. The first kappa shape index (κ1) is 26.9. The molecule has 7 heteroatoms. The Kier molecular flexibility index (Phi) is 16.2. The Hall–Kier alpha value is -3.06. The fourth-order valence-corrected chi connectivity index (χ4v) is 2.29. The Morgan fingerprint density at radius 2 is 1.50 bits per heavy atom. The van der Waals surface area contributed by atoms with Crippen molar-refractivity contribution >= 4 is 12.4 Å². The summed E-state index contributed by atoms with van der Waals surface area (Å²) in [6.07, 6.45) is 3.30. The van der Waals surface area contributed by atoms with Crippen molar-refractivity contribution in [1.29, 1.82) is 0 Å². The van der Waals surface area contributed by atoms with E-state index in [1.807, 2.05) is 48.5 Å². The Morgan fingerprint density at radius 1 is 0.967 bits per heavy atom. The zero-order valence-electron chi connectivity index (χ0n) is 18.0. The summed E-state index contributed by atoms with van der Waals surface area (Å²) in [5, 5.41) is 18.1. The predicted molar refractivity (Wildman–Crippen MR) is 117 cm³/mol. The Labute approximate surface area is 178 Å². The number of aliphatic hydroxyl groups excluding tert-OH is 1. The molecule has 0 radical (unpaired) electrons. The van der Waals surface area contributed by atoms with Crippen molar-refractivity contribution in [2.24, 2.45) is 0 Å². The van der Waals surface area contributed by atoms with Gasteiger partial charge in [-0.1, -0.05) is 31.2 Å². The Morgan fingerprint density at radius 3 is 1.97 bits per heavy atom. The molecule has 0 spiro atoms. The molecule has 166 valence electrons. The van der Waals surface area contributed by atoms with E-state index in [0.29, 0.717) is 26.0 Å². The number of benzene rings is 2. The van der Waals surface area contributed by atoms with Crippen molar-refractivity contribution in [3.05, 3.63) is 59.7 Å². The van der Waals surface area contributed by atoms with E-state index >= 15 is 0 Å². The van der Waals surface area contributed by atoms with Gasteiger partial charge in [0.2, 0.25) is 6.41 Å². The maximum Gasteiger partial charge on any atom is 0.303 e. The van der Waals surface area contributed by atoms with Gasteiger partial charge in [-0.3, -0.25) is 9.59 Å². The molecular formula is C23H33NO6. The standard InChI is InChI=1S/C12H16O3.C10H13NO2.CH4O/c1-2-9-15-11-6-3-10(4-7-11)5-8-12(13)14;1-13-10-4-2-9(3-5-10)6-7-11-8-12;1-2/h3-4,6-7H,2,5,8-9H2,1H3,(H,13,14);2-5,8H,6-7H2,1H3,(H,11,12);2H,1H3. The van der Waals surface area contributed by atoms with Gasteiger partial charge in [0.05, 0.1) is 13.7 Å². The lowest BCUT2D eigenvalue weighted by Crippen LogP contribution is -2.14. The van der Waals surface area contributed by atoms with Crippen molar-refractivity contribution in [2.75, 3.05) is 27.4 Å². The molecule has 0 bridgehead atoms. The van der Waals surface area contributed by atoms with E-state index in [-0.39, 0.29) is 6.42 Å². The average Bonchev–Trinajstić information content (AvgIpc) is 2.79. The number of rotatable bonds is 11. The number of aliphatic hydroxyl groups is 1. The fraction of sp³-hybridized carbons (Fsp3) is 0.391. The molecule has 0 saturated carbocycles. The third kappa shape index (κ3) is 13.2. The zero-order valence-corrected chi connectivity index (χ0v) is 18.0. The Bertz CT molecular complexity index is 686. The molecule has 2 aromatic carbocycles. The van der Waals surface area contributed by atoms with E-state index in [4.69, 9.17) is 19.7 Å². The number of aliphatic carboxylic acids is 1. The zero-order chi connectivity index (χ0) is 22.6. The summed E-state index contributed by atoms with van der Waals surface area (Å²) in [6.45, 7) is 3.45. The van der Waals surface area contributed by atoms with Gasteiger partial charge < -0.3 is 25.0 Å². The normalized spacial score (nSPS) is 9.20. The second-order valence-corrected chi connectivity index (χ2v) is 6.06. The number of carbonyl (C=O) groups excluding carboxylic acids is 1. The number of hydrogen-bond donors (Lipinski definition) is 3. The van der Waals surface area contributed by atoms with Crippen LogP contribution in [0.5, 0.6) is 11.5 Å². The molecule has 0 unspecified atom stereocenters. The maximum absolute atomic E-state index is 10.4. The molecule has 0 atom stereocenters. The average molecular weight is 420 g/mol. The summed E-state index contributed by atoms with van der Waals surface area (Å²) in [4.78, 5) is 20.3. The van der Waals surface area contributed by atoms with Crippen LogP contribution in [0.25, 0.3) is 0 Å². The van der Waals surface area contributed by atoms with Crippen molar-refractivity contribution in [2.45, 2.75) is 32.6 Å². The number of carboxylic acid groups (broad SMARTS) is 1. The summed E-state index contributed by atoms with van der Waals surface area (Å²) < 4.78 is 10.4. The second-order valence-electron chi connectivity index (χ2n) is 6.06. The second kappa shape index (κ2) is 18.0. The summed E-state index contributed by atoms with van der Waals surface area (Å²) >= 11 is 0. The fourth-order valence-electron chi connectivity index (χ4n) is 2.29. The van der Waals surface area contributed by atoms with Crippen LogP contribution >= 0.6 is 0 Å². The number of hydrogen-bond acceptors (Lipinski definition) is 5. The lowest BCUT2D eigenvalue weighted by molar-refractivity contribution is -0.137. The largest absolute Gasteiger partial charge is 0.497 e. The van der Waals surface area contributed by atoms with Crippen molar-refractivity contribution in [1.82, 2.24) is 5.32 Å². The summed E-state index contributed by atoms with van der Waals surface area (Å²) in [6, 6.07) is 15.4. The smallest absolute Gasteiger partial charge is 0.303 e. The first-order chi connectivity index (χ1) is 14.6. The molecule has 0 aliphatic carbocycles. The lowest BCUT2D eigenvalue weighted by atomic mass is 10.1. The number of methoxy groups -OCH3 is 1. The van der Waals surface area contributed by atoms with Crippen molar-refractivity contribution < 1.29 is 29.3 Å². The molecule has 0 heterocycles. The highest BCUT2D eigenvalue weighted by Crippen LogP contribution is 2.13. The van der Waals surface area contributed by atoms with Gasteiger partial charge in [0, 0.05) is 20.1 Å². The van der Waals surface area contributed by atoms with Crippen LogP contribution in [0.2, 0.25) is 0 Å². The number of carbonyl (C=O) groups is 2. The molecule has 7 nitrogen and oxygen atoms in total. The van der Waals surface area contributed by atoms with E-state index in [9.17, 15) is 9.59 Å². The summed E-state index contributed by atoms with van der Waals surface area (Å²) in [5.41, 5.74) is 2.22. The van der Waals surface area contributed by atoms with E-state index in [0.717, 1.165) is 37.0 Å². The van der Waals surface area contributed by atoms with Crippen molar-refractivity contribution in [3.63, 3.8) is 0 Å². The van der Waals surface area contributed by atoms with E-state index in [1.54, 1.807) is 7.11 Å². The van der Waals surface area contributed by atoms with Gasteiger partial charge in [-0.2, -0.15) is 0 Å². The van der Waals surface area contributed by atoms with E-state index in [1.165, 1.54) is 5.56 Å². The van der Waals surface area contributed by atoms with Crippen LogP contribution < -0.4 is 14.8 Å². The quantitative estimate of drug-likeness (QED) is 0.382. The minimum Gasteiger partial charge on any atom is -0.497 e. The van der Waals surface area contributed by atoms with Gasteiger partial charge >= 0.3 is 5.97 Å². The molecule has 0 saturated heterocycles. The summed E-state index contributed by atoms with van der Waals surface area (Å²) in [7, 11) is 2.64. The van der Waals surface area contributed by atoms with Gasteiger partial charge in [-0.15, -0.1) is 0 Å². The minimum absolute atomic E-state index is 0.176. The lowest BCUT2D eigenvalue weighted by Gasteiger charge is -2.05. The van der Waals surface area contributed by atoms with Gasteiger partial charge in [-0.05, 0) is 54.7 Å². The number of carboxylic acids is 1. The molecular weight excluding hydrogens is 386 g/mol. The highest BCUT2D eigenvalue weighted by Gasteiger charge is 1.99. The van der Waals surface area contributed by atoms with Crippen LogP contribution in [0.15, 0.2) is 48.5 Å². The molecule has 3 N–H and O–H groups in total. The van der Waals surface area contributed by atoms with Crippen LogP contribution in [0.4, 0.5) is 0 Å². The maximum atomic E-state index is 10.4. The number of ether oxygens (including phenoxy) is 2. The van der Waals surface area contributed by atoms with Crippen LogP contribution in [0, 0.1) is 0 Å². The molecule has 1 amide bonds. The molecule has 2 rings (SSSR count). The molecule has 2 aromatic rings. The highest BCUT2D eigenvalue weighted by atomic mass is 16.5. The van der Waals surface area contributed by atoms with Gasteiger partial charge in [0.15, 0.2) is 0 Å². The monoisotopic (exact) mass is 419 g/mol. The minimum atomic E-state index is -0.763. The van der Waals surface area contributed by atoms with E-state index in [2.05, 4.69) is 12.2 Å². The third-order valence-electron chi connectivity index (χ3n) is 3.82. The van der Waals surface area contributed by atoms with Gasteiger partial charge in [-0.25, -0.2) is 0 Å². The first-order valence-corrected chi connectivity index (χ1v) is 9.77. The summed E-state index contributed by atoms with van der Waals surface area (Å²) in [5.74, 6) is 0.935. The van der Waals surface area contributed by atoms with Crippen molar-refractivity contribution in [3.8, 4) is 11.5 Å². The van der Waals surface area contributed by atoms with Gasteiger partial charge in [0.25, 0.3) is 0 Å². The molecule has 30 heavy (non-hydrogen) atoms. The number of amides is 1. The van der Waals surface area contributed by atoms with Crippen LogP contribution in [0.1, 0.15) is 30.9 Å². The number of aryl methyl sites for hydroxylation is 1. The van der Waals surface area contributed by atoms with E-state index < -0.39 is 5.97 Å². The molecule has 0 fully saturated rings. The van der Waals surface area contributed by atoms with Crippen LogP contribution in [-0.4, -0.2) is 50.0 Å². The van der Waals surface area contributed by atoms with Gasteiger partial charge in [0.1, 0.15) is 11.5 Å². The third-order valence-corrected chi connectivity index (χ3v) is 3.82. The SMILES string of the molecule is CCCOc1ccc(CCC(=O)O)cc1.CO.COc1ccc(CCNC=O)cc1. The van der Waals surface area contributed by atoms with Crippen LogP contribution in [0.3, 0.4) is 0 Å². The Balaban J connectivity index is 0.000000522.